The topological polar surface area (TPSA) is 65.8 Å². The molecular formula is C10H14N3OP. The van der Waals surface area contributed by atoms with Gasteiger partial charge in [0.05, 0.1) is 0 Å². The molecule has 80 valence electrons. The molecule has 0 fully saturated rings. The monoisotopic (exact) mass is 223 g/mol. The largest absolute Gasteiger partial charge is 0.319 e. The first-order valence-corrected chi connectivity index (χ1v) is 7.30. The highest BCUT2D eigenvalue weighted by molar-refractivity contribution is 7.70. The second-order valence-corrected chi connectivity index (χ2v) is 6.87. The third-order valence-corrected chi connectivity index (χ3v) is 3.71. The summed E-state index contributed by atoms with van der Waals surface area (Å²) < 4.78 is 12.0. The summed E-state index contributed by atoms with van der Waals surface area (Å²) in [7, 11) is -2.24. The summed E-state index contributed by atoms with van der Waals surface area (Å²) in [6.45, 7) is 3.91. The standard InChI is InChI=1S/C10H14N3OP/c1-15(2,14)10-6-4-3-5-9(10)7-8-12-13-11/h3-6H,7-8H2,1-2H3. The Kier molecular flexibility index (Phi) is 3.96. The number of azide groups is 1. The van der Waals surface area contributed by atoms with E-state index in [0.29, 0.717) is 13.0 Å². The van der Waals surface area contributed by atoms with E-state index in [1.807, 2.05) is 24.3 Å². The van der Waals surface area contributed by atoms with Crippen molar-refractivity contribution in [3.05, 3.63) is 40.3 Å². The predicted molar refractivity (Wildman–Crippen MR) is 63.2 cm³/mol. The van der Waals surface area contributed by atoms with Crippen LogP contribution in [0.25, 0.3) is 10.4 Å². The van der Waals surface area contributed by atoms with E-state index in [-0.39, 0.29) is 0 Å². The molecule has 0 N–H and O–H groups in total. The number of hydrogen-bond donors (Lipinski definition) is 0. The Hall–Kier alpha value is -1.24. The molecule has 5 heteroatoms. The highest BCUT2D eigenvalue weighted by Gasteiger charge is 2.14. The Bertz CT molecular complexity index is 432. The van der Waals surface area contributed by atoms with Gasteiger partial charge in [0.1, 0.15) is 7.14 Å². The van der Waals surface area contributed by atoms with Crippen LogP contribution < -0.4 is 5.30 Å². The Labute approximate surface area is 89.3 Å². The quantitative estimate of drug-likeness (QED) is 0.335. The zero-order chi connectivity index (χ0) is 11.3. The van der Waals surface area contributed by atoms with Crippen molar-refractivity contribution in [1.29, 1.82) is 0 Å². The van der Waals surface area contributed by atoms with Gasteiger partial charge in [0.15, 0.2) is 0 Å². The minimum Gasteiger partial charge on any atom is -0.319 e. The maximum Gasteiger partial charge on any atom is 0.110 e. The zero-order valence-corrected chi connectivity index (χ0v) is 9.82. The maximum atomic E-state index is 12.0. The van der Waals surface area contributed by atoms with Crippen molar-refractivity contribution < 1.29 is 4.57 Å². The van der Waals surface area contributed by atoms with Crippen LogP contribution in [0.4, 0.5) is 0 Å². The van der Waals surface area contributed by atoms with Gasteiger partial charge in [0.25, 0.3) is 0 Å². The van der Waals surface area contributed by atoms with Crippen LogP contribution >= 0.6 is 7.14 Å². The Balaban J connectivity index is 2.97. The predicted octanol–water partition coefficient (Wildman–Crippen LogP) is 2.79. The van der Waals surface area contributed by atoms with E-state index in [4.69, 9.17) is 5.53 Å². The lowest BCUT2D eigenvalue weighted by Gasteiger charge is -2.12. The normalized spacial score (nSPS) is 10.8. The Morgan fingerprint density at radius 2 is 2.07 bits per heavy atom. The molecular weight excluding hydrogens is 209 g/mol. The van der Waals surface area contributed by atoms with Crippen molar-refractivity contribution in [1.82, 2.24) is 0 Å². The summed E-state index contributed by atoms with van der Waals surface area (Å²) in [6.07, 6.45) is 0.645. The number of nitrogens with zero attached hydrogens (tertiary/aromatic N) is 3. The molecule has 0 saturated carbocycles. The van der Waals surface area contributed by atoms with Crippen LogP contribution in [0.5, 0.6) is 0 Å². The van der Waals surface area contributed by atoms with Crippen molar-refractivity contribution in [2.45, 2.75) is 6.42 Å². The van der Waals surface area contributed by atoms with Gasteiger partial charge in [-0.15, -0.1) is 0 Å². The first-order valence-electron chi connectivity index (χ1n) is 4.70. The van der Waals surface area contributed by atoms with E-state index >= 15 is 0 Å². The summed E-state index contributed by atoms with van der Waals surface area (Å²) in [4.78, 5) is 2.70. The van der Waals surface area contributed by atoms with Crippen LogP contribution in [-0.2, 0) is 11.0 Å². The number of benzene rings is 1. The van der Waals surface area contributed by atoms with Crippen LogP contribution in [-0.4, -0.2) is 19.9 Å². The smallest absolute Gasteiger partial charge is 0.110 e. The molecule has 15 heavy (non-hydrogen) atoms. The Morgan fingerprint density at radius 1 is 1.40 bits per heavy atom. The van der Waals surface area contributed by atoms with Gasteiger partial charge in [-0.2, -0.15) is 0 Å². The third kappa shape index (κ3) is 3.43. The van der Waals surface area contributed by atoms with Crippen LogP contribution in [0.2, 0.25) is 0 Å². The Morgan fingerprint density at radius 3 is 2.67 bits per heavy atom. The summed E-state index contributed by atoms with van der Waals surface area (Å²) >= 11 is 0. The van der Waals surface area contributed by atoms with Crippen molar-refractivity contribution in [3.8, 4) is 0 Å². The molecule has 0 amide bonds. The molecule has 1 aromatic rings. The molecule has 0 radical (unpaired) electrons. The summed E-state index contributed by atoms with van der Waals surface area (Å²) in [5.74, 6) is 0. The van der Waals surface area contributed by atoms with Gasteiger partial charge < -0.3 is 4.57 Å². The molecule has 0 unspecified atom stereocenters. The molecule has 1 rings (SSSR count). The molecule has 0 spiro atoms. The number of rotatable bonds is 4. The van der Waals surface area contributed by atoms with E-state index < -0.39 is 7.14 Å². The first kappa shape index (κ1) is 11.8. The average Bonchev–Trinajstić information content (AvgIpc) is 2.17. The third-order valence-electron chi connectivity index (χ3n) is 2.12. The minimum absolute atomic E-state index is 0.410. The van der Waals surface area contributed by atoms with Crippen LogP contribution in [0.15, 0.2) is 29.4 Å². The van der Waals surface area contributed by atoms with Crippen molar-refractivity contribution in [2.75, 3.05) is 19.9 Å². The maximum absolute atomic E-state index is 12.0. The zero-order valence-electron chi connectivity index (χ0n) is 8.92. The van der Waals surface area contributed by atoms with Gasteiger partial charge in [-0.1, -0.05) is 29.4 Å². The van der Waals surface area contributed by atoms with Crippen LogP contribution in [0.3, 0.4) is 0 Å². The van der Waals surface area contributed by atoms with E-state index in [2.05, 4.69) is 10.0 Å². The number of hydrogen-bond acceptors (Lipinski definition) is 2. The van der Waals surface area contributed by atoms with Gasteiger partial charge in [-0.05, 0) is 30.8 Å². The lowest BCUT2D eigenvalue weighted by Crippen LogP contribution is -2.10. The van der Waals surface area contributed by atoms with E-state index in [9.17, 15) is 4.57 Å². The molecule has 0 bridgehead atoms. The van der Waals surface area contributed by atoms with Gasteiger partial charge in [-0.25, -0.2) is 0 Å². The average molecular weight is 223 g/mol. The van der Waals surface area contributed by atoms with Gasteiger partial charge in [0, 0.05) is 16.8 Å². The lowest BCUT2D eigenvalue weighted by atomic mass is 10.1. The minimum atomic E-state index is -2.24. The molecule has 1 aromatic carbocycles. The van der Waals surface area contributed by atoms with Gasteiger partial charge in [-0.3, -0.25) is 0 Å². The van der Waals surface area contributed by atoms with Crippen molar-refractivity contribution in [2.24, 2.45) is 5.11 Å². The van der Waals surface area contributed by atoms with Crippen LogP contribution in [0.1, 0.15) is 5.56 Å². The molecule has 0 atom stereocenters. The van der Waals surface area contributed by atoms with E-state index in [1.54, 1.807) is 13.3 Å². The van der Waals surface area contributed by atoms with E-state index in [1.165, 1.54) is 0 Å². The molecule has 0 aliphatic heterocycles. The first-order chi connectivity index (χ1) is 7.05. The molecule has 0 aromatic heterocycles. The van der Waals surface area contributed by atoms with Crippen molar-refractivity contribution >= 4 is 12.4 Å². The fraction of sp³-hybridized carbons (Fsp3) is 0.400. The molecule has 0 aliphatic carbocycles. The lowest BCUT2D eigenvalue weighted by molar-refractivity contribution is 0.588. The molecule has 0 saturated heterocycles. The second kappa shape index (κ2) is 5.01. The summed E-state index contributed by atoms with van der Waals surface area (Å²) in [5, 5.41) is 4.37. The highest BCUT2D eigenvalue weighted by atomic mass is 31.2. The second-order valence-electron chi connectivity index (χ2n) is 3.68. The summed E-state index contributed by atoms with van der Waals surface area (Å²) in [5.41, 5.74) is 9.19. The fourth-order valence-corrected chi connectivity index (χ4v) is 2.79. The van der Waals surface area contributed by atoms with Gasteiger partial charge in [0.2, 0.25) is 0 Å². The van der Waals surface area contributed by atoms with E-state index in [0.717, 1.165) is 10.9 Å². The SMILES string of the molecule is CP(C)(=O)c1ccccc1CCN=[N+]=[N-]. The van der Waals surface area contributed by atoms with Crippen molar-refractivity contribution in [3.63, 3.8) is 0 Å². The fourth-order valence-electron chi connectivity index (χ4n) is 1.46. The van der Waals surface area contributed by atoms with Crippen LogP contribution in [0, 0.1) is 0 Å². The van der Waals surface area contributed by atoms with Gasteiger partial charge >= 0.3 is 0 Å². The molecule has 4 nitrogen and oxygen atoms in total. The molecule has 0 aliphatic rings. The molecule has 0 heterocycles. The summed E-state index contributed by atoms with van der Waals surface area (Å²) in [6, 6.07) is 7.60. The highest BCUT2D eigenvalue weighted by Crippen LogP contribution is 2.35.